The largest absolute Gasteiger partial charge is 0.426 e. The molecule has 1 atom stereocenters. The Labute approximate surface area is 143 Å². The van der Waals surface area contributed by atoms with E-state index < -0.39 is 0 Å². The van der Waals surface area contributed by atoms with Gasteiger partial charge in [-0.15, -0.1) is 12.6 Å². The summed E-state index contributed by atoms with van der Waals surface area (Å²) in [7, 11) is 0. The van der Waals surface area contributed by atoms with Crippen LogP contribution in [0.15, 0.2) is 47.4 Å². The highest BCUT2D eigenvalue weighted by atomic mass is 32.1. The van der Waals surface area contributed by atoms with E-state index in [9.17, 15) is 4.79 Å². The number of benzene rings is 2. The van der Waals surface area contributed by atoms with Gasteiger partial charge in [-0.2, -0.15) is 0 Å². The maximum Gasteiger partial charge on any atom is 0.318 e. The van der Waals surface area contributed by atoms with E-state index in [2.05, 4.69) is 30.8 Å². The lowest BCUT2D eigenvalue weighted by Crippen LogP contribution is -2.19. The van der Waals surface area contributed by atoms with Crippen LogP contribution >= 0.6 is 12.6 Å². The van der Waals surface area contributed by atoms with E-state index in [1.165, 1.54) is 24.0 Å². The second-order valence-electron chi connectivity index (χ2n) is 6.11. The third-order valence-corrected chi connectivity index (χ3v) is 4.82. The van der Waals surface area contributed by atoms with E-state index in [-0.39, 0.29) is 11.9 Å². The minimum absolute atomic E-state index is 0.185. The van der Waals surface area contributed by atoms with Gasteiger partial charge in [-0.3, -0.25) is 4.79 Å². The van der Waals surface area contributed by atoms with Gasteiger partial charge in [-0.25, -0.2) is 0 Å². The summed E-state index contributed by atoms with van der Waals surface area (Å²) in [6.07, 6.45) is 5.54. The zero-order chi connectivity index (χ0) is 16.2. The van der Waals surface area contributed by atoms with E-state index in [1.54, 1.807) is 12.1 Å². The summed E-state index contributed by atoms with van der Waals surface area (Å²) in [4.78, 5) is 13.4. The zero-order valence-electron chi connectivity index (χ0n) is 13.4. The SMILES string of the molecule is CCC(C(=O)Oc1ccc(S)cc1)c1ccc2c(c1)CCCC2. The number of carbonyl (C=O) groups excluding carboxylic acids is 1. The average Bonchev–Trinajstić information content (AvgIpc) is 2.57. The molecule has 120 valence electrons. The maximum atomic E-state index is 12.6. The summed E-state index contributed by atoms with van der Waals surface area (Å²) in [5, 5.41) is 0. The van der Waals surface area contributed by atoms with Crippen LogP contribution < -0.4 is 4.74 Å². The molecule has 0 saturated carbocycles. The molecule has 0 radical (unpaired) electrons. The molecule has 1 aliphatic carbocycles. The molecule has 1 aliphatic rings. The van der Waals surface area contributed by atoms with Crippen molar-refractivity contribution in [2.75, 3.05) is 0 Å². The molecule has 0 amide bonds. The van der Waals surface area contributed by atoms with Gasteiger partial charge < -0.3 is 4.74 Å². The Kier molecular flexibility index (Phi) is 5.06. The van der Waals surface area contributed by atoms with Gasteiger partial charge in [-0.05, 0) is 73.1 Å². The number of thiol groups is 1. The van der Waals surface area contributed by atoms with Crippen molar-refractivity contribution in [3.05, 3.63) is 59.2 Å². The summed E-state index contributed by atoms with van der Waals surface area (Å²) in [5.41, 5.74) is 3.91. The Morgan fingerprint density at radius 2 is 1.78 bits per heavy atom. The van der Waals surface area contributed by atoms with Gasteiger partial charge in [0.05, 0.1) is 5.92 Å². The summed E-state index contributed by atoms with van der Waals surface area (Å²) in [6, 6.07) is 13.7. The van der Waals surface area contributed by atoms with Gasteiger partial charge in [0.15, 0.2) is 0 Å². The fourth-order valence-corrected chi connectivity index (χ4v) is 3.36. The molecule has 23 heavy (non-hydrogen) atoms. The van der Waals surface area contributed by atoms with Crippen molar-refractivity contribution in [1.29, 1.82) is 0 Å². The Hall–Kier alpha value is -1.74. The topological polar surface area (TPSA) is 26.3 Å². The molecular formula is C20H22O2S. The van der Waals surface area contributed by atoms with Crippen LogP contribution in [0.2, 0.25) is 0 Å². The summed E-state index contributed by atoms with van der Waals surface area (Å²) >= 11 is 4.24. The van der Waals surface area contributed by atoms with Crippen molar-refractivity contribution >= 4 is 18.6 Å². The van der Waals surface area contributed by atoms with Crippen molar-refractivity contribution < 1.29 is 9.53 Å². The summed E-state index contributed by atoms with van der Waals surface area (Å²) in [5.74, 6) is 0.178. The van der Waals surface area contributed by atoms with Crippen molar-refractivity contribution in [2.45, 2.75) is 49.8 Å². The molecule has 3 rings (SSSR count). The van der Waals surface area contributed by atoms with E-state index in [0.717, 1.165) is 29.7 Å². The quantitative estimate of drug-likeness (QED) is 0.488. The van der Waals surface area contributed by atoms with Gasteiger partial charge in [0.1, 0.15) is 5.75 Å². The number of hydrogen-bond acceptors (Lipinski definition) is 3. The van der Waals surface area contributed by atoms with Crippen LogP contribution in [0, 0.1) is 0 Å². The van der Waals surface area contributed by atoms with Gasteiger partial charge in [0.2, 0.25) is 0 Å². The number of esters is 1. The van der Waals surface area contributed by atoms with Crippen molar-refractivity contribution in [3.8, 4) is 5.75 Å². The van der Waals surface area contributed by atoms with Gasteiger partial charge >= 0.3 is 5.97 Å². The lowest BCUT2D eigenvalue weighted by molar-refractivity contribution is -0.136. The summed E-state index contributed by atoms with van der Waals surface area (Å²) < 4.78 is 5.55. The molecule has 2 nitrogen and oxygen atoms in total. The van der Waals surface area contributed by atoms with E-state index in [0.29, 0.717) is 5.75 Å². The summed E-state index contributed by atoms with van der Waals surface area (Å²) in [6.45, 7) is 2.03. The van der Waals surface area contributed by atoms with Crippen LogP contribution in [0.25, 0.3) is 0 Å². The van der Waals surface area contributed by atoms with Gasteiger partial charge in [0.25, 0.3) is 0 Å². The highest BCUT2D eigenvalue weighted by Gasteiger charge is 2.22. The molecule has 0 aromatic heterocycles. The van der Waals surface area contributed by atoms with E-state index >= 15 is 0 Å². The third kappa shape index (κ3) is 3.78. The van der Waals surface area contributed by atoms with Crippen molar-refractivity contribution in [1.82, 2.24) is 0 Å². The first-order chi connectivity index (χ1) is 11.2. The molecule has 0 spiro atoms. The molecule has 1 unspecified atom stereocenters. The Bertz CT molecular complexity index is 691. The first kappa shape index (κ1) is 16.1. The third-order valence-electron chi connectivity index (χ3n) is 4.52. The molecule has 0 heterocycles. The van der Waals surface area contributed by atoms with Crippen LogP contribution in [0.1, 0.15) is 48.8 Å². The molecule has 0 N–H and O–H groups in total. The maximum absolute atomic E-state index is 12.6. The number of aryl methyl sites for hydroxylation is 2. The molecule has 2 aromatic rings. The van der Waals surface area contributed by atoms with Crippen molar-refractivity contribution in [3.63, 3.8) is 0 Å². The Morgan fingerprint density at radius 3 is 2.48 bits per heavy atom. The number of fused-ring (bicyclic) bond motifs is 1. The van der Waals surface area contributed by atoms with Crippen LogP contribution in [-0.4, -0.2) is 5.97 Å². The lowest BCUT2D eigenvalue weighted by Gasteiger charge is -2.20. The van der Waals surface area contributed by atoms with Crippen LogP contribution in [-0.2, 0) is 17.6 Å². The first-order valence-electron chi connectivity index (χ1n) is 8.30. The van der Waals surface area contributed by atoms with Gasteiger partial charge in [0, 0.05) is 4.90 Å². The van der Waals surface area contributed by atoms with Crippen LogP contribution in [0.4, 0.5) is 0 Å². The lowest BCUT2D eigenvalue weighted by atomic mass is 9.87. The molecule has 0 fully saturated rings. The second-order valence-corrected chi connectivity index (χ2v) is 6.63. The highest BCUT2D eigenvalue weighted by molar-refractivity contribution is 7.80. The fraction of sp³-hybridized carbons (Fsp3) is 0.350. The Morgan fingerprint density at radius 1 is 1.09 bits per heavy atom. The molecule has 0 saturated heterocycles. The first-order valence-corrected chi connectivity index (χ1v) is 8.74. The smallest absolute Gasteiger partial charge is 0.318 e. The highest BCUT2D eigenvalue weighted by Crippen LogP contribution is 2.28. The minimum atomic E-state index is -0.210. The molecule has 0 aliphatic heterocycles. The zero-order valence-corrected chi connectivity index (χ0v) is 14.3. The van der Waals surface area contributed by atoms with Gasteiger partial charge in [-0.1, -0.05) is 25.1 Å². The van der Waals surface area contributed by atoms with E-state index in [4.69, 9.17) is 4.74 Å². The standard InChI is InChI=1S/C20H22O2S/c1-2-19(20(21)22-17-9-11-18(23)12-10-17)16-8-7-14-5-3-4-6-15(14)13-16/h7-13,19,23H,2-6H2,1H3. The predicted molar refractivity (Wildman–Crippen MR) is 95.4 cm³/mol. The van der Waals surface area contributed by atoms with E-state index in [1.807, 2.05) is 19.1 Å². The molecular weight excluding hydrogens is 304 g/mol. The predicted octanol–water partition coefficient (Wildman–Crippen LogP) is 4.95. The normalized spacial score (nSPS) is 14.9. The fourth-order valence-electron chi connectivity index (χ4n) is 3.21. The molecule has 2 aromatic carbocycles. The van der Waals surface area contributed by atoms with Crippen LogP contribution in [0.5, 0.6) is 5.75 Å². The number of carbonyl (C=O) groups is 1. The number of rotatable bonds is 4. The average molecular weight is 326 g/mol. The monoisotopic (exact) mass is 326 g/mol. The molecule has 0 bridgehead atoms. The molecule has 3 heteroatoms. The minimum Gasteiger partial charge on any atom is -0.426 e. The van der Waals surface area contributed by atoms with Crippen LogP contribution in [0.3, 0.4) is 0 Å². The number of hydrogen-bond donors (Lipinski definition) is 1. The second kappa shape index (κ2) is 7.22. The Balaban J connectivity index is 1.78. The number of ether oxygens (including phenoxy) is 1. The van der Waals surface area contributed by atoms with Crippen molar-refractivity contribution in [2.24, 2.45) is 0 Å².